The quantitative estimate of drug-likeness (QED) is 0.469. The Morgan fingerprint density at radius 3 is 2.00 bits per heavy atom. The van der Waals surface area contributed by atoms with E-state index in [1.807, 2.05) is 0 Å². The van der Waals surface area contributed by atoms with Crippen LogP contribution in [-0.4, -0.2) is 4.98 Å². The second kappa shape index (κ2) is 5.67. The van der Waals surface area contributed by atoms with Crippen LogP contribution in [0.2, 0.25) is 0 Å². The van der Waals surface area contributed by atoms with Crippen LogP contribution in [0.15, 0.2) is 30.3 Å². The van der Waals surface area contributed by atoms with Crippen molar-refractivity contribution in [1.29, 1.82) is 0 Å². The van der Waals surface area contributed by atoms with Crippen molar-refractivity contribution in [2.45, 2.75) is 65.2 Å². The molecule has 1 fully saturated rings. The number of rotatable bonds is 1. The van der Waals surface area contributed by atoms with Crippen molar-refractivity contribution < 1.29 is 0 Å². The van der Waals surface area contributed by atoms with E-state index in [1.165, 1.54) is 70.1 Å². The van der Waals surface area contributed by atoms with Gasteiger partial charge in [0, 0.05) is 10.9 Å². The summed E-state index contributed by atoms with van der Waals surface area (Å²) in [6.45, 7) is 8.85. The zero-order valence-corrected chi connectivity index (χ0v) is 16.3. The topological polar surface area (TPSA) is 12.9 Å². The molecular formula is C25H27N. The summed E-state index contributed by atoms with van der Waals surface area (Å²) in [7, 11) is 0. The van der Waals surface area contributed by atoms with Crippen LogP contribution in [0, 0.1) is 27.7 Å². The third-order valence-corrected chi connectivity index (χ3v) is 7.00. The summed E-state index contributed by atoms with van der Waals surface area (Å²) >= 11 is 0. The number of nitrogens with zero attached hydrogens (tertiary/aromatic N) is 1. The molecule has 0 atom stereocenters. The molecule has 0 unspecified atom stereocenters. The van der Waals surface area contributed by atoms with Crippen LogP contribution in [0.25, 0.3) is 22.2 Å². The van der Waals surface area contributed by atoms with E-state index in [0.717, 1.165) is 5.92 Å². The van der Waals surface area contributed by atoms with Gasteiger partial charge >= 0.3 is 0 Å². The molecule has 0 saturated heterocycles. The fourth-order valence-corrected chi connectivity index (χ4v) is 5.20. The van der Waals surface area contributed by atoms with Crippen molar-refractivity contribution in [1.82, 2.24) is 4.98 Å². The molecule has 26 heavy (non-hydrogen) atoms. The summed E-state index contributed by atoms with van der Waals surface area (Å²) in [4.78, 5) is 5.25. The van der Waals surface area contributed by atoms with Gasteiger partial charge in [-0.05, 0) is 117 Å². The van der Waals surface area contributed by atoms with Gasteiger partial charge in [0.25, 0.3) is 0 Å². The summed E-state index contributed by atoms with van der Waals surface area (Å²) in [5, 5.41) is 1.42. The van der Waals surface area contributed by atoms with Gasteiger partial charge in [-0.1, -0.05) is 12.1 Å². The molecule has 0 aliphatic heterocycles. The lowest BCUT2D eigenvalue weighted by Gasteiger charge is -2.40. The minimum absolute atomic E-state index is 0.699. The van der Waals surface area contributed by atoms with E-state index < -0.39 is 0 Å². The molecule has 3 aliphatic carbocycles. The predicted octanol–water partition coefficient (Wildman–Crippen LogP) is 6.89. The number of hydrogen-bond acceptors (Lipinski definition) is 1. The molecule has 1 saturated carbocycles. The third-order valence-electron chi connectivity index (χ3n) is 7.00. The Balaban J connectivity index is 1.88. The Kier molecular flexibility index (Phi) is 3.50. The van der Waals surface area contributed by atoms with Gasteiger partial charge in [0.2, 0.25) is 0 Å². The summed E-state index contributed by atoms with van der Waals surface area (Å²) in [6, 6.07) is 11.6. The summed E-state index contributed by atoms with van der Waals surface area (Å²) in [5.74, 6) is 1.43. The minimum Gasteiger partial charge on any atom is -0.247 e. The van der Waals surface area contributed by atoms with Gasteiger partial charge in [-0.25, -0.2) is 4.98 Å². The Morgan fingerprint density at radius 1 is 0.692 bits per heavy atom. The molecule has 3 aliphatic rings. The van der Waals surface area contributed by atoms with Crippen molar-refractivity contribution in [3.05, 3.63) is 63.7 Å². The van der Waals surface area contributed by atoms with Crippen molar-refractivity contribution in [2.24, 2.45) is 0 Å². The highest BCUT2D eigenvalue weighted by molar-refractivity contribution is 5.90. The second-order valence-corrected chi connectivity index (χ2v) is 8.59. The van der Waals surface area contributed by atoms with Crippen molar-refractivity contribution >= 4 is 10.9 Å². The maximum atomic E-state index is 5.25. The fraction of sp³-hybridized carbons (Fsp3) is 0.400. The van der Waals surface area contributed by atoms with Crippen molar-refractivity contribution in [3.8, 4) is 11.3 Å². The van der Waals surface area contributed by atoms with Gasteiger partial charge < -0.3 is 0 Å². The lowest BCUT2D eigenvalue weighted by molar-refractivity contribution is 0.361. The molecule has 1 aromatic heterocycles. The Bertz CT molecular complexity index is 1040. The Morgan fingerprint density at radius 2 is 1.31 bits per heavy atom. The lowest BCUT2D eigenvalue weighted by atomic mass is 9.65. The van der Waals surface area contributed by atoms with E-state index in [4.69, 9.17) is 4.98 Å². The molecule has 132 valence electrons. The molecule has 1 heterocycles. The number of hydrogen-bond donors (Lipinski definition) is 0. The van der Waals surface area contributed by atoms with Crippen LogP contribution < -0.4 is 0 Å². The average Bonchev–Trinajstić information content (AvgIpc) is 2.65. The second-order valence-electron chi connectivity index (χ2n) is 8.59. The number of aromatic nitrogens is 1. The standard InChI is InChI=1S/C25H27N/c1-14-5-6-20(11-15(14)2)25-24-19-9-7-18(8-10-19)23(24)21-12-16(3)17(4)13-22(21)26-25/h5-6,11-13,18-19H,7-10H2,1-4H3. The molecule has 0 amide bonds. The SMILES string of the molecule is Cc1ccc(-c2nc3cc(C)c(C)cc3c3c2C2CCC3CC2)cc1C. The van der Waals surface area contributed by atoms with Gasteiger partial charge in [0.1, 0.15) is 0 Å². The molecule has 2 bridgehead atoms. The van der Waals surface area contributed by atoms with E-state index in [0.29, 0.717) is 5.92 Å². The first kappa shape index (κ1) is 16.1. The minimum atomic E-state index is 0.699. The number of pyridine rings is 1. The van der Waals surface area contributed by atoms with Crippen LogP contribution in [0.3, 0.4) is 0 Å². The largest absolute Gasteiger partial charge is 0.247 e. The van der Waals surface area contributed by atoms with E-state index in [9.17, 15) is 0 Å². The van der Waals surface area contributed by atoms with Crippen LogP contribution >= 0.6 is 0 Å². The van der Waals surface area contributed by atoms with Gasteiger partial charge in [-0.2, -0.15) is 0 Å². The molecule has 6 rings (SSSR count). The fourth-order valence-electron chi connectivity index (χ4n) is 5.20. The number of fused-ring (bicyclic) bond motifs is 3. The lowest BCUT2D eigenvalue weighted by Crippen LogP contribution is -2.23. The van der Waals surface area contributed by atoms with Crippen LogP contribution in [0.4, 0.5) is 0 Å². The normalized spacial score (nSPS) is 21.2. The molecule has 1 nitrogen and oxygen atoms in total. The highest BCUT2D eigenvalue weighted by Gasteiger charge is 2.37. The van der Waals surface area contributed by atoms with E-state index in [-0.39, 0.29) is 0 Å². The number of aryl methyl sites for hydroxylation is 4. The smallest absolute Gasteiger partial charge is 0.0747 e. The Labute approximate surface area is 156 Å². The summed E-state index contributed by atoms with van der Waals surface area (Å²) in [5.41, 5.74) is 12.4. The molecule has 0 radical (unpaired) electrons. The maximum absolute atomic E-state index is 5.25. The summed E-state index contributed by atoms with van der Waals surface area (Å²) < 4.78 is 0. The summed E-state index contributed by atoms with van der Waals surface area (Å²) in [6.07, 6.45) is 5.40. The maximum Gasteiger partial charge on any atom is 0.0747 e. The number of benzene rings is 2. The van der Waals surface area contributed by atoms with Crippen molar-refractivity contribution in [3.63, 3.8) is 0 Å². The van der Waals surface area contributed by atoms with Gasteiger partial charge in [0.15, 0.2) is 0 Å². The van der Waals surface area contributed by atoms with Crippen molar-refractivity contribution in [2.75, 3.05) is 0 Å². The third kappa shape index (κ3) is 2.26. The first-order chi connectivity index (χ1) is 12.5. The monoisotopic (exact) mass is 341 g/mol. The van der Waals surface area contributed by atoms with Crippen LogP contribution in [0.5, 0.6) is 0 Å². The zero-order valence-electron chi connectivity index (χ0n) is 16.3. The van der Waals surface area contributed by atoms with E-state index in [1.54, 1.807) is 11.1 Å². The molecular weight excluding hydrogens is 314 g/mol. The molecule has 1 heteroatoms. The van der Waals surface area contributed by atoms with Gasteiger partial charge in [-0.15, -0.1) is 0 Å². The Hall–Kier alpha value is -2.15. The highest BCUT2D eigenvalue weighted by atomic mass is 14.7. The van der Waals surface area contributed by atoms with Gasteiger partial charge in [-0.3, -0.25) is 0 Å². The molecule has 3 aromatic rings. The van der Waals surface area contributed by atoms with Gasteiger partial charge in [0.05, 0.1) is 11.2 Å². The van der Waals surface area contributed by atoms with E-state index >= 15 is 0 Å². The first-order valence-corrected chi connectivity index (χ1v) is 10.1. The highest BCUT2D eigenvalue weighted by Crippen LogP contribution is 2.54. The average molecular weight is 341 g/mol. The molecule has 2 aromatic carbocycles. The molecule has 0 N–H and O–H groups in total. The van der Waals surface area contributed by atoms with Crippen LogP contribution in [0.1, 0.15) is 70.9 Å². The first-order valence-electron chi connectivity index (χ1n) is 10.1. The van der Waals surface area contributed by atoms with E-state index in [2.05, 4.69) is 58.0 Å². The van der Waals surface area contributed by atoms with Crippen LogP contribution in [-0.2, 0) is 0 Å². The molecule has 0 spiro atoms. The zero-order chi connectivity index (χ0) is 18.0. The predicted molar refractivity (Wildman–Crippen MR) is 110 cm³/mol.